The Morgan fingerprint density at radius 2 is 2.14 bits per heavy atom. The molecule has 0 radical (unpaired) electrons. The second kappa shape index (κ2) is 5.65. The molecule has 2 aromatic rings. The lowest BCUT2D eigenvalue weighted by Crippen LogP contribution is -2.41. The van der Waals surface area contributed by atoms with Crippen LogP contribution in [0.1, 0.15) is 36.0 Å². The largest absolute Gasteiger partial charge is 0.388 e. The Balaban J connectivity index is 1.76. The summed E-state index contributed by atoms with van der Waals surface area (Å²) in [5, 5.41) is 17.2. The maximum absolute atomic E-state index is 12.4. The third kappa shape index (κ3) is 2.95. The van der Waals surface area contributed by atoms with Crippen LogP contribution >= 0.6 is 0 Å². The van der Waals surface area contributed by atoms with Gasteiger partial charge in [0.25, 0.3) is 5.91 Å². The standard InChI is InChI=1S/C15H18N4O2/c20-14(17-11-15(21)6-1-2-7-15)12-5-3-8-16-13(12)19-10-4-9-18-19/h3-5,8-10,21H,1-2,6-7,11H2,(H,17,20). The average molecular weight is 286 g/mol. The molecule has 21 heavy (non-hydrogen) atoms. The van der Waals surface area contributed by atoms with Crippen LogP contribution in [0.3, 0.4) is 0 Å². The fourth-order valence-electron chi connectivity index (χ4n) is 2.70. The molecule has 2 N–H and O–H groups in total. The smallest absolute Gasteiger partial charge is 0.255 e. The number of carbonyl (C=O) groups excluding carboxylic acids is 1. The van der Waals surface area contributed by atoms with Gasteiger partial charge in [-0.3, -0.25) is 4.79 Å². The highest BCUT2D eigenvalue weighted by molar-refractivity contribution is 5.97. The summed E-state index contributed by atoms with van der Waals surface area (Å²) in [4.78, 5) is 16.6. The number of hydrogen-bond acceptors (Lipinski definition) is 4. The lowest BCUT2D eigenvalue weighted by molar-refractivity contribution is 0.0449. The van der Waals surface area contributed by atoms with E-state index in [1.165, 1.54) is 0 Å². The molecule has 0 aromatic carbocycles. The van der Waals surface area contributed by atoms with Crippen molar-refractivity contribution in [1.29, 1.82) is 0 Å². The molecule has 0 unspecified atom stereocenters. The van der Waals surface area contributed by atoms with Crippen LogP contribution in [-0.2, 0) is 0 Å². The quantitative estimate of drug-likeness (QED) is 0.888. The van der Waals surface area contributed by atoms with Crippen molar-refractivity contribution in [3.63, 3.8) is 0 Å². The van der Waals surface area contributed by atoms with Crippen LogP contribution in [0, 0.1) is 0 Å². The second-order valence-electron chi connectivity index (χ2n) is 5.44. The number of hydrogen-bond donors (Lipinski definition) is 2. The van der Waals surface area contributed by atoms with Crippen molar-refractivity contribution in [2.75, 3.05) is 6.54 Å². The Bertz CT molecular complexity index is 618. The molecule has 0 spiro atoms. The zero-order chi connectivity index (χ0) is 14.7. The van der Waals surface area contributed by atoms with Crippen molar-refractivity contribution >= 4 is 5.91 Å². The number of carbonyl (C=O) groups is 1. The summed E-state index contributed by atoms with van der Waals surface area (Å²) >= 11 is 0. The summed E-state index contributed by atoms with van der Waals surface area (Å²) in [5.74, 6) is 0.243. The van der Waals surface area contributed by atoms with Crippen LogP contribution < -0.4 is 5.32 Å². The van der Waals surface area contributed by atoms with E-state index in [4.69, 9.17) is 0 Å². The predicted octanol–water partition coefficient (Wildman–Crippen LogP) is 1.30. The van der Waals surface area contributed by atoms with E-state index in [0.29, 0.717) is 11.4 Å². The SMILES string of the molecule is O=C(NCC1(O)CCCC1)c1cccnc1-n1cccn1. The molecule has 1 fully saturated rings. The normalized spacial score (nSPS) is 16.8. The van der Waals surface area contributed by atoms with Crippen LogP contribution in [-0.4, -0.2) is 37.9 Å². The average Bonchev–Trinajstić information content (AvgIpc) is 3.17. The monoisotopic (exact) mass is 286 g/mol. The predicted molar refractivity (Wildman–Crippen MR) is 77.1 cm³/mol. The Hall–Kier alpha value is -2.21. The van der Waals surface area contributed by atoms with Crippen molar-refractivity contribution in [2.24, 2.45) is 0 Å². The van der Waals surface area contributed by atoms with E-state index >= 15 is 0 Å². The first kappa shape index (κ1) is 13.8. The zero-order valence-electron chi connectivity index (χ0n) is 11.7. The summed E-state index contributed by atoms with van der Waals surface area (Å²) < 4.78 is 1.55. The molecule has 1 amide bonds. The van der Waals surface area contributed by atoms with Crippen molar-refractivity contribution in [3.8, 4) is 5.82 Å². The van der Waals surface area contributed by atoms with Gasteiger partial charge in [-0.25, -0.2) is 9.67 Å². The minimum atomic E-state index is -0.760. The highest BCUT2D eigenvalue weighted by atomic mass is 16.3. The van der Waals surface area contributed by atoms with Gasteiger partial charge in [0, 0.05) is 25.1 Å². The minimum absolute atomic E-state index is 0.242. The lowest BCUT2D eigenvalue weighted by atomic mass is 10.0. The van der Waals surface area contributed by atoms with Gasteiger partial charge in [0.1, 0.15) is 0 Å². The lowest BCUT2D eigenvalue weighted by Gasteiger charge is -2.22. The molecule has 0 atom stereocenters. The molecule has 0 aliphatic heterocycles. The van der Waals surface area contributed by atoms with Crippen LogP contribution in [0.2, 0.25) is 0 Å². The molecule has 6 nitrogen and oxygen atoms in total. The fourth-order valence-corrected chi connectivity index (χ4v) is 2.70. The van der Waals surface area contributed by atoms with Gasteiger partial charge in [0.05, 0.1) is 11.2 Å². The molecule has 3 rings (SSSR count). The Labute approximate surface area is 122 Å². The van der Waals surface area contributed by atoms with E-state index in [1.54, 1.807) is 41.5 Å². The van der Waals surface area contributed by atoms with E-state index in [9.17, 15) is 9.90 Å². The van der Waals surface area contributed by atoms with Crippen LogP contribution in [0.25, 0.3) is 5.82 Å². The van der Waals surface area contributed by atoms with Gasteiger partial charge in [-0.1, -0.05) is 12.8 Å². The van der Waals surface area contributed by atoms with E-state index < -0.39 is 5.60 Å². The highest BCUT2D eigenvalue weighted by Gasteiger charge is 2.31. The Morgan fingerprint density at radius 1 is 1.33 bits per heavy atom. The third-order valence-corrected chi connectivity index (χ3v) is 3.86. The maximum atomic E-state index is 12.4. The molecule has 0 bridgehead atoms. The molecule has 1 aliphatic carbocycles. The number of aromatic nitrogens is 3. The fraction of sp³-hybridized carbons (Fsp3) is 0.400. The van der Waals surface area contributed by atoms with Gasteiger partial charge in [-0.2, -0.15) is 5.10 Å². The van der Waals surface area contributed by atoms with Crippen molar-refractivity contribution in [3.05, 3.63) is 42.4 Å². The third-order valence-electron chi connectivity index (χ3n) is 3.86. The molecule has 2 aromatic heterocycles. The summed E-state index contributed by atoms with van der Waals surface area (Å²) in [6, 6.07) is 5.20. The van der Waals surface area contributed by atoms with Crippen molar-refractivity contribution in [2.45, 2.75) is 31.3 Å². The zero-order valence-corrected chi connectivity index (χ0v) is 11.7. The maximum Gasteiger partial charge on any atom is 0.255 e. The van der Waals surface area contributed by atoms with Crippen molar-refractivity contribution < 1.29 is 9.90 Å². The number of rotatable bonds is 4. The van der Waals surface area contributed by atoms with E-state index in [2.05, 4.69) is 15.4 Å². The molecule has 1 saturated carbocycles. The van der Waals surface area contributed by atoms with E-state index in [0.717, 1.165) is 25.7 Å². The minimum Gasteiger partial charge on any atom is -0.388 e. The van der Waals surface area contributed by atoms with E-state index in [1.807, 2.05) is 0 Å². The second-order valence-corrected chi connectivity index (χ2v) is 5.44. The molecular weight excluding hydrogens is 268 g/mol. The number of pyridine rings is 1. The Kier molecular flexibility index (Phi) is 3.70. The first-order valence-corrected chi connectivity index (χ1v) is 7.14. The first-order valence-electron chi connectivity index (χ1n) is 7.14. The highest BCUT2D eigenvalue weighted by Crippen LogP contribution is 2.28. The number of nitrogens with zero attached hydrogens (tertiary/aromatic N) is 3. The van der Waals surface area contributed by atoms with E-state index in [-0.39, 0.29) is 12.5 Å². The molecule has 110 valence electrons. The van der Waals surface area contributed by atoms with Gasteiger partial charge < -0.3 is 10.4 Å². The van der Waals surface area contributed by atoms with Crippen LogP contribution in [0.4, 0.5) is 0 Å². The summed E-state index contributed by atoms with van der Waals surface area (Å²) in [5.41, 5.74) is -0.313. The topological polar surface area (TPSA) is 80.0 Å². The van der Waals surface area contributed by atoms with Gasteiger partial charge in [-0.05, 0) is 31.0 Å². The van der Waals surface area contributed by atoms with Gasteiger partial charge in [0.15, 0.2) is 5.82 Å². The van der Waals surface area contributed by atoms with Gasteiger partial charge in [-0.15, -0.1) is 0 Å². The Morgan fingerprint density at radius 3 is 2.86 bits per heavy atom. The van der Waals surface area contributed by atoms with Crippen molar-refractivity contribution in [1.82, 2.24) is 20.1 Å². The summed E-state index contributed by atoms with van der Waals surface area (Å²) in [7, 11) is 0. The number of nitrogens with one attached hydrogen (secondary N) is 1. The van der Waals surface area contributed by atoms with Gasteiger partial charge in [0.2, 0.25) is 0 Å². The molecular formula is C15H18N4O2. The number of aliphatic hydroxyl groups is 1. The molecule has 2 heterocycles. The first-order chi connectivity index (χ1) is 10.2. The van der Waals surface area contributed by atoms with Crippen LogP contribution in [0.15, 0.2) is 36.8 Å². The molecule has 1 aliphatic rings. The van der Waals surface area contributed by atoms with Crippen LogP contribution in [0.5, 0.6) is 0 Å². The summed E-state index contributed by atoms with van der Waals surface area (Å²) in [6.07, 6.45) is 8.51. The molecule has 6 heteroatoms. The molecule has 0 saturated heterocycles. The number of amides is 1. The van der Waals surface area contributed by atoms with Gasteiger partial charge >= 0.3 is 0 Å². The summed E-state index contributed by atoms with van der Waals surface area (Å²) in [6.45, 7) is 0.277.